The third-order valence-electron chi connectivity index (χ3n) is 2.66. The third kappa shape index (κ3) is 3.47. The van der Waals surface area contributed by atoms with Gasteiger partial charge in [0.15, 0.2) is 5.75 Å². The number of rotatable bonds is 7. The first kappa shape index (κ1) is 13.9. The van der Waals surface area contributed by atoms with Crippen molar-refractivity contribution < 1.29 is 9.66 Å². The van der Waals surface area contributed by atoms with E-state index in [0.29, 0.717) is 13.2 Å². The van der Waals surface area contributed by atoms with Crippen molar-refractivity contribution in [2.24, 2.45) is 0 Å². The summed E-state index contributed by atoms with van der Waals surface area (Å²) in [5, 5.41) is 14.1. The van der Waals surface area contributed by atoms with Gasteiger partial charge in [-0.2, -0.15) is 0 Å². The fourth-order valence-electron chi connectivity index (χ4n) is 1.68. The van der Waals surface area contributed by atoms with E-state index < -0.39 is 4.92 Å². The largest absolute Gasteiger partial charge is 0.487 e. The van der Waals surface area contributed by atoms with E-state index >= 15 is 0 Å². The fraction of sp³-hybridized carbons (Fsp3) is 0.308. The molecule has 0 unspecified atom stereocenters. The van der Waals surface area contributed by atoms with Crippen LogP contribution in [0.5, 0.6) is 5.75 Å². The van der Waals surface area contributed by atoms with Crippen molar-refractivity contribution in [3.63, 3.8) is 0 Å². The van der Waals surface area contributed by atoms with Crippen molar-refractivity contribution in [1.82, 2.24) is 9.97 Å². The number of imidazole rings is 1. The van der Waals surface area contributed by atoms with Gasteiger partial charge in [-0.25, -0.2) is 4.98 Å². The number of ether oxygens (including phenoxy) is 1. The zero-order valence-electron chi connectivity index (χ0n) is 11.1. The lowest BCUT2D eigenvalue weighted by Crippen LogP contribution is -2.03. The number of aromatic amines is 1. The van der Waals surface area contributed by atoms with Gasteiger partial charge in [0.1, 0.15) is 0 Å². The molecule has 20 heavy (non-hydrogen) atoms. The molecule has 0 saturated carbocycles. The summed E-state index contributed by atoms with van der Waals surface area (Å²) in [6, 6.07) is 4.75. The molecule has 7 nitrogen and oxygen atoms in total. The van der Waals surface area contributed by atoms with E-state index in [4.69, 9.17) is 4.74 Å². The minimum absolute atomic E-state index is 0.0226. The molecule has 0 aliphatic rings. The molecule has 0 amide bonds. The molecule has 1 heterocycles. The Hall–Kier alpha value is -2.57. The summed E-state index contributed by atoms with van der Waals surface area (Å²) in [4.78, 5) is 17.4. The second-order valence-corrected chi connectivity index (χ2v) is 4.22. The number of nitro benzene ring substituents is 1. The first-order chi connectivity index (χ1) is 9.70. The first-order valence-corrected chi connectivity index (χ1v) is 6.33. The van der Waals surface area contributed by atoms with Crippen LogP contribution in [0.1, 0.15) is 19.0 Å². The average Bonchev–Trinajstić information content (AvgIpc) is 2.96. The fourth-order valence-corrected chi connectivity index (χ4v) is 1.68. The van der Waals surface area contributed by atoms with Crippen LogP contribution in [0.3, 0.4) is 0 Å². The smallest absolute Gasteiger partial charge is 0.311 e. The van der Waals surface area contributed by atoms with E-state index in [0.717, 1.165) is 17.8 Å². The number of hydrogen-bond donors (Lipinski definition) is 2. The molecule has 7 heteroatoms. The van der Waals surface area contributed by atoms with Crippen LogP contribution in [0.15, 0.2) is 30.7 Å². The van der Waals surface area contributed by atoms with Gasteiger partial charge in [0.2, 0.25) is 0 Å². The van der Waals surface area contributed by atoms with Crippen LogP contribution in [0.25, 0.3) is 0 Å². The van der Waals surface area contributed by atoms with Crippen molar-refractivity contribution >= 4 is 11.4 Å². The van der Waals surface area contributed by atoms with E-state index in [9.17, 15) is 10.1 Å². The van der Waals surface area contributed by atoms with E-state index in [1.54, 1.807) is 24.7 Å². The van der Waals surface area contributed by atoms with E-state index in [-0.39, 0.29) is 11.4 Å². The molecule has 2 aromatic rings. The van der Waals surface area contributed by atoms with Crippen molar-refractivity contribution in [2.75, 3.05) is 11.9 Å². The number of aromatic nitrogens is 2. The molecule has 0 spiro atoms. The van der Waals surface area contributed by atoms with Crippen LogP contribution in [-0.2, 0) is 6.54 Å². The standard InChI is InChI=1S/C13H16N4O3/c1-2-5-20-13-6-10(3-4-12(13)17(18)19)15-8-11-7-14-9-16-11/h3-4,6-7,9,15H,2,5,8H2,1H3,(H,14,16). The molecule has 0 bridgehead atoms. The van der Waals surface area contributed by atoms with Crippen LogP contribution in [0.2, 0.25) is 0 Å². The van der Waals surface area contributed by atoms with Gasteiger partial charge in [0.25, 0.3) is 0 Å². The number of nitrogens with zero attached hydrogens (tertiary/aromatic N) is 2. The third-order valence-corrected chi connectivity index (χ3v) is 2.66. The zero-order chi connectivity index (χ0) is 14.4. The number of nitrogens with one attached hydrogen (secondary N) is 2. The molecule has 0 aliphatic heterocycles. The van der Waals surface area contributed by atoms with E-state index in [1.165, 1.54) is 6.07 Å². The van der Waals surface area contributed by atoms with Crippen LogP contribution in [0.4, 0.5) is 11.4 Å². The normalized spacial score (nSPS) is 10.2. The van der Waals surface area contributed by atoms with E-state index in [1.807, 2.05) is 6.92 Å². The van der Waals surface area contributed by atoms with Gasteiger partial charge in [-0.3, -0.25) is 10.1 Å². The highest BCUT2D eigenvalue weighted by atomic mass is 16.6. The minimum Gasteiger partial charge on any atom is -0.487 e. The predicted octanol–water partition coefficient (Wildman–Crippen LogP) is 2.72. The van der Waals surface area contributed by atoms with Gasteiger partial charge >= 0.3 is 5.69 Å². The summed E-state index contributed by atoms with van der Waals surface area (Å²) in [6.45, 7) is 2.96. The summed E-state index contributed by atoms with van der Waals surface area (Å²) in [6.07, 6.45) is 4.11. The zero-order valence-corrected chi connectivity index (χ0v) is 11.1. The van der Waals surface area contributed by atoms with Gasteiger partial charge in [0.05, 0.1) is 30.1 Å². The average molecular weight is 276 g/mol. The van der Waals surface area contributed by atoms with Crippen LogP contribution in [0, 0.1) is 10.1 Å². The molecular weight excluding hydrogens is 260 g/mol. The number of H-pyrrole nitrogens is 1. The summed E-state index contributed by atoms with van der Waals surface area (Å²) >= 11 is 0. The molecule has 106 valence electrons. The highest BCUT2D eigenvalue weighted by Crippen LogP contribution is 2.30. The van der Waals surface area contributed by atoms with Gasteiger partial charge in [-0.05, 0) is 12.5 Å². The molecule has 0 radical (unpaired) electrons. The Morgan fingerprint density at radius 3 is 3.00 bits per heavy atom. The topological polar surface area (TPSA) is 93.1 Å². The molecular formula is C13H16N4O3. The molecule has 0 atom stereocenters. The Morgan fingerprint density at radius 2 is 2.35 bits per heavy atom. The number of benzene rings is 1. The summed E-state index contributed by atoms with van der Waals surface area (Å²) in [7, 11) is 0. The summed E-state index contributed by atoms with van der Waals surface area (Å²) in [5.41, 5.74) is 1.67. The second kappa shape index (κ2) is 6.55. The lowest BCUT2D eigenvalue weighted by molar-refractivity contribution is -0.385. The van der Waals surface area contributed by atoms with Gasteiger partial charge in [-0.1, -0.05) is 6.92 Å². The van der Waals surface area contributed by atoms with Crippen LogP contribution < -0.4 is 10.1 Å². The quantitative estimate of drug-likeness (QED) is 0.599. The van der Waals surface area contributed by atoms with E-state index in [2.05, 4.69) is 15.3 Å². The molecule has 0 saturated heterocycles. The maximum atomic E-state index is 10.9. The molecule has 2 N–H and O–H groups in total. The van der Waals surface area contributed by atoms with Crippen molar-refractivity contribution in [3.8, 4) is 5.75 Å². The van der Waals surface area contributed by atoms with Crippen molar-refractivity contribution in [1.29, 1.82) is 0 Å². The van der Waals surface area contributed by atoms with Gasteiger partial charge < -0.3 is 15.0 Å². The number of anilines is 1. The van der Waals surface area contributed by atoms with Gasteiger partial charge in [-0.15, -0.1) is 0 Å². The lowest BCUT2D eigenvalue weighted by Gasteiger charge is -2.09. The maximum absolute atomic E-state index is 10.9. The minimum atomic E-state index is -0.441. The van der Waals surface area contributed by atoms with Crippen molar-refractivity contribution in [3.05, 3.63) is 46.5 Å². The maximum Gasteiger partial charge on any atom is 0.311 e. The molecule has 2 rings (SSSR count). The summed E-state index contributed by atoms with van der Waals surface area (Å²) < 4.78 is 5.42. The molecule has 0 fully saturated rings. The SMILES string of the molecule is CCCOc1cc(NCc2cnc[nH]2)ccc1[N+](=O)[O-]. The predicted molar refractivity (Wildman–Crippen MR) is 74.8 cm³/mol. The van der Waals surface area contributed by atoms with Crippen LogP contribution >= 0.6 is 0 Å². The van der Waals surface area contributed by atoms with Gasteiger partial charge in [0, 0.05) is 24.0 Å². The molecule has 1 aromatic carbocycles. The number of nitro groups is 1. The Kier molecular flexibility index (Phi) is 4.54. The summed E-state index contributed by atoms with van der Waals surface area (Å²) in [5.74, 6) is 0.284. The Bertz CT molecular complexity index is 569. The van der Waals surface area contributed by atoms with Crippen LogP contribution in [-0.4, -0.2) is 21.5 Å². The second-order valence-electron chi connectivity index (χ2n) is 4.22. The van der Waals surface area contributed by atoms with Crippen molar-refractivity contribution in [2.45, 2.75) is 19.9 Å². The Labute approximate surface area is 116 Å². The highest BCUT2D eigenvalue weighted by Gasteiger charge is 2.15. The Morgan fingerprint density at radius 1 is 1.50 bits per heavy atom. The first-order valence-electron chi connectivity index (χ1n) is 6.33. The lowest BCUT2D eigenvalue weighted by atomic mass is 10.2. The monoisotopic (exact) mass is 276 g/mol. The Balaban J connectivity index is 2.11. The molecule has 0 aliphatic carbocycles. The number of hydrogen-bond acceptors (Lipinski definition) is 5. The highest BCUT2D eigenvalue weighted by molar-refractivity contribution is 5.58. The molecule has 1 aromatic heterocycles.